The van der Waals surface area contributed by atoms with Crippen LogP contribution in [0.1, 0.15) is 19.4 Å². The van der Waals surface area contributed by atoms with Gasteiger partial charge in [0.1, 0.15) is 5.75 Å². The van der Waals surface area contributed by atoms with E-state index in [4.69, 9.17) is 9.47 Å². The summed E-state index contributed by atoms with van der Waals surface area (Å²) in [6, 6.07) is 7.29. The summed E-state index contributed by atoms with van der Waals surface area (Å²) in [6.45, 7) is 4.49. The molecule has 0 aliphatic rings. The van der Waals surface area contributed by atoms with Gasteiger partial charge in [-0.05, 0) is 22.9 Å². The Kier molecular flexibility index (Phi) is 4.09. The molecule has 0 saturated carbocycles. The van der Waals surface area contributed by atoms with Gasteiger partial charge in [0, 0.05) is 30.2 Å². The van der Waals surface area contributed by atoms with Crippen molar-refractivity contribution in [1.82, 2.24) is 0 Å². The third-order valence-corrected chi connectivity index (χ3v) is 3.73. The Bertz CT molecular complexity index is 646. The normalized spacial score (nSPS) is 10.4. The molecule has 0 saturated heterocycles. The lowest BCUT2D eigenvalue weighted by atomic mass is 10.0. The number of hydrogen-bond donors (Lipinski definition) is 0. The molecular weight excluding hydrogens is 324 g/mol. The molecular formula is C15H13BrO4. The molecule has 0 bridgehead atoms. The molecule has 104 valence electrons. The average Bonchev–Trinajstić information content (AvgIpc) is 2.39. The van der Waals surface area contributed by atoms with Crippen LogP contribution in [0.3, 0.4) is 0 Å². The monoisotopic (exact) mass is 336 g/mol. The van der Waals surface area contributed by atoms with Crippen molar-refractivity contribution in [3.05, 3.63) is 34.3 Å². The van der Waals surface area contributed by atoms with Crippen molar-refractivity contribution in [1.29, 1.82) is 0 Å². The second kappa shape index (κ2) is 5.63. The molecule has 2 aromatic rings. The van der Waals surface area contributed by atoms with Crippen molar-refractivity contribution in [3.63, 3.8) is 0 Å². The second-order valence-corrected chi connectivity index (χ2v) is 5.12. The molecule has 0 heterocycles. The Morgan fingerprint density at radius 1 is 0.950 bits per heavy atom. The van der Waals surface area contributed by atoms with E-state index in [0.29, 0.717) is 26.9 Å². The fraction of sp³-hybridized carbons (Fsp3) is 0.200. The van der Waals surface area contributed by atoms with Gasteiger partial charge in [0.05, 0.1) is 4.47 Å². The molecule has 0 aliphatic carbocycles. The van der Waals surface area contributed by atoms with Gasteiger partial charge in [-0.25, -0.2) is 0 Å². The van der Waals surface area contributed by atoms with Crippen molar-refractivity contribution >= 4 is 38.6 Å². The van der Waals surface area contributed by atoms with E-state index in [2.05, 4.69) is 15.9 Å². The molecule has 2 rings (SSSR count). The molecule has 0 aromatic heterocycles. The van der Waals surface area contributed by atoms with Crippen LogP contribution in [-0.4, -0.2) is 11.9 Å². The van der Waals surface area contributed by atoms with Crippen molar-refractivity contribution in [2.24, 2.45) is 0 Å². The third kappa shape index (κ3) is 2.67. The predicted octanol–water partition coefficient (Wildman–Crippen LogP) is 3.76. The topological polar surface area (TPSA) is 52.6 Å². The van der Waals surface area contributed by atoms with Crippen molar-refractivity contribution in [2.45, 2.75) is 20.8 Å². The first kappa shape index (κ1) is 14.5. The van der Waals surface area contributed by atoms with Gasteiger partial charge in [0.2, 0.25) is 0 Å². The number of rotatable bonds is 2. The highest BCUT2D eigenvalue weighted by atomic mass is 79.9. The number of hydrogen-bond acceptors (Lipinski definition) is 4. The minimum Gasteiger partial charge on any atom is -0.426 e. The van der Waals surface area contributed by atoms with E-state index in [1.165, 1.54) is 13.8 Å². The summed E-state index contributed by atoms with van der Waals surface area (Å²) < 4.78 is 11.2. The molecule has 0 amide bonds. The first-order chi connectivity index (χ1) is 9.41. The van der Waals surface area contributed by atoms with E-state index in [9.17, 15) is 9.59 Å². The third-order valence-electron chi connectivity index (χ3n) is 2.78. The van der Waals surface area contributed by atoms with Crippen LogP contribution < -0.4 is 9.47 Å². The van der Waals surface area contributed by atoms with E-state index >= 15 is 0 Å². The van der Waals surface area contributed by atoms with E-state index in [1.807, 2.05) is 24.3 Å². The van der Waals surface area contributed by atoms with Crippen LogP contribution in [0.4, 0.5) is 0 Å². The molecule has 0 N–H and O–H groups in total. The number of fused-ring (bicyclic) bond motifs is 1. The molecule has 2 aromatic carbocycles. The minimum absolute atomic E-state index is 0.398. The average molecular weight is 337 g/mol. The van der Waals surface area contributed by atoms with E-state index in [-0.39, 0.29) is 0 Å². The highest BCUT2D eigenvalue weighted by Crippen LogP contribution is 2.43. The number of benzene rings is 2. The van der Waals surface area contributed by atoms with Gasteiger partial charge in [0.25, 0.3) is 0 Å². The lowest BCUT2D eigenvalue weighted by Crippen LogP contribution is -2.07. The zero-order valence-electron chi connectivity index (χ0n) is 11.3. The lowest BCUT2D eigenvalue weighted by molar-refractivity contribution is -0.133. The summed E-state index contributed by atoms with van der Waals surface area (Å²) in [5.74, 6) is 0.0956. The summed E-state index contributed by atoms with van der Waals surface area (Å²) in [4.78, 5) is 22.5. The number of esters is 2. The predicted molar refractivity (Wildman–Crippen MR) is 79.0 cm³/mol. The Morgan fingerprint density at radius 2 is 1.40 bits per heavy atom. The molecule has 0 atom stereocenters. The molecule has 0 unspecified atom stereocenters. The lowest BCUT2D eigenvalue weighted by Gasteiger charge is -2.15. The molecule has 20 heavy (non-hydrogen) atoms. The molecule has 4 nitrogen and oxygen atoms in total. The smallest absolute Gasteiger partial charge is 0.308 e. The van der Waals surface area contributed by atoms with Crippen LogP contribution in [-0.2, 0) is 9.59 Å². The summed E-state index contributed by atoms with van der Waals surface area (Å²) in [5.41, 5.74) is 0.704. The van der Waals surface area contributed by atoms with E-state index in [0.717, 1.165) is 5.39 Å². The zero-order valence-corrected chi connectivity index (χ0v) is 12.9. The maximum atomic E-state index is 11.3. The van der Waals surface area contributed by atoms with Crippen molar-refractivity contribution in [2.75, 3.05) is 0 Å². The number of ether oxygens (including phenoxy) is 2. The fourth-order valence-electron chi connectivity index (χ4n) is 1.99. The van der Waals surface area contributed by atoms with Crippen LogP contribution in [0.25, 0.3) is 10.8 Å². The van der Waals surface area contributed by atoms with E-state index < -0.39 is 11.9 Å². The first-order valence-corrected chi connectivity index (χ1v) is 6.78. The van der Waals surface area contributed by atoms with Crippen LogP contribution >= 0.6 is 15.9 Å². The summed E-state index contributed by atoms with van der Waals surface area (Å²) in [6.07, 6.45) is 0. The van der Waals surface area contributed by atoms with Crippen LogP contribution in [0.2, 0.25) is 0 Å². The summed E-state index contributed by atoms with van der Waals surface area (Å²) in [7, 11) is 0. The Hall–Kier alpha value is -1.88. The SMILES string of the molecule is CC(=O)Oc1c(C)c(Br)c(OC(C)=O)c2ccccc12. The fourth-order valence-corrected chi connectivity index (χ4v) is 2.46. The first-order valence-electron chi connectivity index (χ1n) is 5.99. The molecule has 0 spiro atoms. The zero-order chi connectivity index (χ0) is 14.9. The van der Waals surface area contributed by atoms with Crippen LogP contribution in [0, 0.1) is 6.92 Å². The van der Waals surface area contributed by atoms with Crippen LogP contribution in [0.5, 0.6) is 11.5 Å². The Morgan fingerprint density at radius 3 is 1.90 bits per heavy atom. The Balaban J connectivity index is 2.80. The number of carbonyl (C=O) groups is 2. The minimum atomic E-state index is -0.407. The Labute approximate surface area is 124 Å². The number of carbonyl (C=O) groups excluding carboxylic acids is 2. The molecule has 0 aliphatic heterocycles. The van der Waals surface area contributed by atoms with Gasteiger partial charge in [-0.15, -0.1) is 0 Å². The standard InChI is InChI=1S/C15H13BrO4/c1-8-13(16)15(20-10(3)18)12-7-5-4-6-11(12)14(8)19-9(2)17/h4-7H,1-3H3. The molecule has 0 radical (unpaired) electrons. The summed E-state index contributed by atoms with van der Waals surface area (Å²) >= 11 is 3.40. The maximum Gasteiger partial charge on any atom is 0.308 e. The summed E-state index contributed by atoms with van der Waals surface area (Å²) in [5, 5.41) is 1.43. The van der Waals surface area contributed by atoms with Crippen LogP contribution in [0.15, 0.2) is 28.7 Å². The molecule has 5 heteroatoms. The quantitative estimate of drug-likeness (QED) is 0.618. The van der Waals surface area contributed by atoms with Gasteiger partial charge in [-0.3, -0.25) is 9.59 Å². The van der Waals surface area contributed by atoms with E-state index in [1.54, 1.807) is 6.92 Å². The largest absolute Gasteiger partial charge is 0.426 e. The highest BCUT2D eigenvalue weighted by molar-refractivity contribution is 9.10. The highest BCUT2D eigenvalue weighted by Gasteiger charge is 2.19. The van der Waals surface area contributed by atoms with Gasteiger partial charge >= 0.3 is 11.9 Å². The van der Waals surface area contributed by atoms with Gasteiger partial charge in [0.15, 0.2) is 5.75 Å². The van der Waals surface area contributed by atoms with Gasteiger partial charge in [-0.2, -0.15) is 0 Å². The maximum absolute atomic E-state index is 11.3. The molecule has 0 fully saturated rings. The number of halogens is 1. The van der Waals surface area contributed by atoms with Gasteiger partial charge < -0.3 is 9.47 Å². The van der Waals surface area contributed by atoms with Gasteiger partial charge in [-0.1, -0.05) is 24.3 Å². The second-order valence-electron chi connectivity index (χ2n) is 4.33. The van der Waals surface area contributed by atoms with Crippen molar-refractivity contribution < 1.29 is 19.1 Å². The van der Waals surface area contributed by atoms with Crippen molar-refractivity contribution in [3.8, 4) is 11.5 Å².